The van der Waals surface area contributed by atoms with E-state index in [1.165, 1.54) is 18.6 Å². The molecule has 2 unspecified atom stereocenters. The van der Waals surface area contributed by atoms with E-state index in [-0.39, 0.29) is 35.5 Å². The Balaban J connectivity index is 1.60. The number of aromatic hydroxyl groups is 1. The number of Topliss-reactive ketones (excluding diaryl/α,β-unsaturated/α-hetero) is 2. The van der Waals surface area contributed by atoms with Gasteiger partial charge in [0.05, 0.1) is 23.2 Å². The van der Waals surface area contributed by atoms with Gasteiger partial charge in [-0.15, -0.1) is 0 Å². The van der Waals surface area contributed by atoms with Gasteiger partial charge in [0, 0.05) is 29.4 Å². The van der Waals surface area contributed by atoms with Crippen LogP contribution >= 0.6 is 0 Å². The molecule has 3 aliphatic carbocycles. The van der Waals surface area contributed by atoms with Gasteiger partial charge in [0.2, 0.25) is 0 Å². The standard InChI is InChI=1S/C38H46O9/c1-19(2)10-9-15-36(8)16-14-22-28(39)26-30(41)27-29(40)24-18-25-35(6,7)47-37(33(24)42,17-13-21(5)34(43)44)38(25,27)46-32(26)23(31(22)45-36)12-11-20(3)4/h10-11,13-14,16,24-25,27,29,39-40H,9,12,15,17-18H2,1-8H3,(H,43,44)/b21-13-/t24-,25?,27?,29-,36-,37-,38-/m0/s1. The first-order valence-electron chi connectivity index (χ1n) is 16.5. The highest BCUT2D eigenvalue weighted by molar-refractivity contribution is 6.10. The zero-order chi connectivity index (χ0) is 34.4. The third-order valence-corrected chi connectivity index (χ3v) is 11.1. The first-order valence-corrected chi connectivity index (χ1v) is 16.5. The summed E-state index contributed by atoms with van der Waals surface area (Å²) in [6.45, 7) is 15.1. The second-order valence-electron chi connectivity index (χ2n) is 15.2. The van der Waals surface area contributed by atoms with E-state index in [9.17, 15) is 29.7 Å². The van der Waals surface area contributed by atoms with Gasteiger partial charge < -0.3 is 29.5 Å². The maximum atomic E-state index is 14.8. The number of carbonyl (C=O) groups is 3. The number of phenols is 1. The van der Waals surface area contributed by atoms with Crippen LogP contribution in [-0.2, 0) is 20.7 Å². The summed E-state index contributed by atoms with van der Waals surface area (Å²) in [5.74, 6) is -4.44. The van der Waals surface area contributed by atoms with Crippen molar-refractivity contribution in [2.24, 2.45) is 17.8 Å². The third-order valence-electron chi connectivity index (χ3n) is 11.1. The summed E-state index contributed by atoms with van der Waals surface area (Å²) in [6, 6.07) is 0. The number of rotatable bonds is 8. The summed E-state index contributed by atoms with van der Waals surface area (Å²) in [5.41, 5.74) is -1.91. The van der Waals surface area contributed by atoms with Crippen molar-refractivity contribution in [3.05, 3.63) is 57.7 Å². The highest BCUT2D eigenvalue weighted by Crippen LogP contribution is 2.70. The summed E-state index contributed by atoms with van der Waals surface area (Å²) in [5, 5.41) is 33.2. The van der Waals surface area contributed by atoms with Crippen LogP contribution in [0.3, 0.4) is 0 Å². The second-order valence-corrected chi connectivity index (χ2v) is 15.2. The van der Waals surface area contributed by atoms with Crippen LogP contribution in [0, 0.1) is 17.8 Å². The van der Waals surface area contributed by atoms with Gasteiger partial charge in [-0.25, -0.2) is 4.79 Å². The second kappa shape index (κ2) is 10.9. The molecular formula is C38H46O9. The van der Waals surface area contributed by atoms with Crippen LogP contribution in [0.4, 0.5) is 0 Å². The lowest BCUT2D eigenvalue weighted by molar-refractivity contribution is -0.220. The topological polar surface area (TPSA) is 140 Å². The Labute approximate surface area is 276 Å². The van der Waals surface area contributed by atoms with Crippen molar-refractivity contribution in [2.45, 2.75) is 116 Å². The first kappa shape index (κ1) is 33.2. The number of ketones is 2. The Kier molecular flexibility index (Phi) is 7.72. The number of benzene rings is 1. The fraction of sp³-hybridized carbons (Fsp3) is 0.553. The van der Waals surface area contributed by atoms with E-state index in [0.717, 1.165) is 12.0 Å². The molecule has 3 aliphatic heterocycles. The average Bonchev–Trinajstić information content (AvgIpc) is 3.10. The third kappa shape index (κ3) is 4.67. The fourth-order valence-corrected chi connectivity index (χ4v) is 8.76. The maximum Gasteiger partial charge on any atom is 0.330 e. The highest BCUT2D eigenvalue weighted by atomic mass is 16.6. The lowest BCUT2D eigenvalue weighted by atomic mass is 9.45. The van der Waals surface area contributed by atoms with Gasteiger partial charge in [-0.2, -0.15) is 0 Å². The highest BCUT2D eigenvalue weighted by Gasteiger charge is 2.85. The molecule has 7 atom stereocenters. The number of phenolic OH excluding ortho intramolecular Hbond substituents is 1. The molecule has 0 radical (unpaired) electrons. The Hall–Kier alpha value is -3.69. The van der Waals surface area contributed by atoms with Crippen LogP contribution < -0.4 is 9.47 Å². The van der Waals surface area contributed by atoms with Crippen molar-refractivity contribution in [3.8, 4) is 17.2 Å². The van der Waals surface area contributed by atoms with Gasteiger partial charge in [-0.05, 0) is 93.2 Å². The number of allylic oxidation sites excluding steroid dienone is 4. The summed E-state index contributed by atoms with van der Waals surface area (Å²) in [4.78, 5) is 41.1. The molecule has 1 saturated heterocycles. The molecule has 0 amide bonds. The number of hydrogen-bond acceptors (Lipinski definition) is 8. The summed E-state index contributed by atoms with van der Waals surface area (Å²) in [7, 11) is 0. The van der Waals surface area contributed by atoms with E-state index in [0.29, 0.717) is 29.7 Å². The molecule has 4 fully saturated rings. The number of carbonyl (C=O) groups excluding carboxylic acids is 2. The van der Waals surface area contributed by atoms with Gasteiger partial charge in [0.15, 0.2) is 22.8 Å². The van der Waals surface area contributed by atoms with Gasteiger partial charge >= 0.3 is 5.97 Å². The number of hydrogen-bond donors (Lipinski definition) is 3. The maximum absolute atomic E-state index is 14.8. The molecule has 47 heavy (non-hydrogen) atoms. The van der Waals surface area contributed by atoms with Gasteiger partial charge in [0.1, 0.15) is 28.4 Å². The molecule has 4 bridgehead atoms. The number of ether oxygens (including phenoxy) is 3. The van der Waals surface area contributed by atoms with E-state index >= 15 is 0 Å². The van der Waals surface area contributed by atoms with Crippen molar-refractivity contribution in [1.82, 2.24) is 0 Å². The first-order chi connectivity index (χ1) is 21.9. The number of carboxylic acids is 1. The molecular weight excluding hydrogens is 600 g/mol. The van der Waals surface area contributed by atoms with Crippen molar-refractivity contribution in [3.63, 3.8) is 0 Å². The van der Waals surface area contributed by atoms with E-state index < -0.39 is 63.8 Å². The van der Waals surface area contributed by atoms with Gasteiger partial charge in [-0.1, -0.05) is 29.4 Å². The van der Waals surface area contributed by atoms with E-state index in [1.54, 1.807) is 6.08 Å². The molecule has 3 saturated carbocycles. The molecule has 1 spiro atoms. The van der Waals surface area contributed by atoms with Crippen LogP contribution in [0.2, 0.25) is 0 Å². The number of aliphatic carboxylic acids is 1. The lowest BCUT2D eigenvalue weighted by Crippen LogP contribution is -2.80. The molecule has 0 aromatic heterocycles. The van der Waals surface area contributed by atoms with Crippen molar-refractivity contribution in [2.75, 3.05) is 0 Å². The Morgan fingerprint density at radius 3 is 2.32 bits per heavy atom. The molecule has 3 heterocycles. The van der Waals surface area contributed by atoms with Crippen LogP contribution in [0.25, 0.3) is 6.08 Å². The lowest BCUT2D eigenvalue weighted by Gasteiger charge is -2.62. The van der Waals surface area contributed by atoms with Crippen LogP contribution in [0.1, 0.15) is 103 Å². The Morgan fingerprint density at radius 2 is 1.68 bits per heavy atom. The van der Waals surface area contributed by atoms with Crippen molar-refractivity contribution < 1.29 is 43.9 Å². The van der Waals surface area contributed by atoms with Crippen molar-refractivity contribution in [1.29, 1.82) is 0 Å². The number of fused-ring (bicyclic) bond motifs is 2. The monoisotopic (exact) mass is 646 g/mol. The number of aliphatic hydroxyl groups is 1. The summed E-state index contributed by atoms with van der Waals surface area (Å²) < 4.78 is 20.5. The molecule has 252 valence electrons. The Morgan fingerprint density at radius 1 is 1.00 bits per heavy atom. The Bertz CT molecular complexity index is 1700. The predicted molar refractivity (Wildman–Crippen MR) is 176 cm³/mol. The predicted octanol–water partition coefficient (Wildman–Crippen LogP) is 6.29. The van der Waals surface area contributed by atoms with E-state index in [4.69, 9.17) is 14.2 Å². The molecule has 7 rings (SSSR count). The molecule has 9 nitrogen and oxygen atoms in total. The number of carboxylic acid groups (broad SMARTS) is 1. The number of aliphatic hydroxyl groups excluding tert-OH is 1. The SMILES string of the molecule is CC(C)=CCC[C@@]1(C)C=Cc2c(O)c3c(c(CC=C(C)C)c2O1)O[C@]12C(C3=O)[C@@H](O)[C@@H]3CC1C(C)(C)O[C@@]2(C/C=C(/C)C(=O)O)C3=O. The minimum atomic E-state index is -1.74. The largest absolute Gasteiger partial charge is 0.506 e. The van der Waals surface area contributed by atoms with Crippen LogP contribution in [0.15, 0.2) is 41.0 Å². The smallest absolute Gasteiger partial charge is 0.330 e. The fourth-order valence-electron chi connectivity index (χ4n) is 8.76. The van der Waals surface area contributed by atoms with E-state index in [1.807, 2.05) is 60.6 Å². The molecule has 6 aliphatic rings. The van der Waals surface area contributed by atoms with Crippen LogP contribution in [-0.4, -0.2) is 61.4 Å². The molecule has 1 aromatic rings. The zero-order valence-electron chi connectivity index (χ0n) is 28.5. The zero-order valence-corrected chi connectivity index (χ0v) is 28.5. The van der Waals surface area contributed by atoms with Crippen molar-refractivity contribution >= 4 is 23.6 Å². The summed E-state index contributed by atoms with van der Waals surface area (Å²) in [6.07, 6.45) is 9.79. The minimum absolute atomic E-state index is 0.0260. The molecule has 1 aromatic carbocycles. The van der Waals surface area contributed by atoms with Crippen LogP contribution in [0.5, 0.6) is 17.2 Å². The van der Waals surface area contributed by atoms with Gasteiger partial charge in [0.25, 0.3) is 0 Å². The average molecular weight is 647 g/mol. The minimum Gasteiger partial charge on any atom is -0.506 e. The van der Waals surface area contributed by atoms with Gasteiger partial charge in [-0.3, -0.25) is 9.59 Å². The molecule has 3 N–H and O–H groups in total. The quantitative estimate of drug-likeness (QED) is 0.220. The summed E-state index contributed by atoms with van der Waals surface area (Å²) >= 11 is 0. The normalized spacial score (nSPS) is 34.1. The van der Waals surface area contributed by atoms with E-state index in [2.05, 4.69) is 6.08 Å². The molecule has 9 heteroatoms.